The van der Waals surface area contributed by atoms with Crippen LogP contribution < -0.4 is 10.1 Å². The topological polar surface area (TPSA) is 86.2 Å². The van der Waals surface area contributed by atoms with Crippen LogP contribution in [0.25, 0.3) is 20.4 Å². The quantitative estimate of drug-likeness (QED) is 0.509. The van der Waals surface area contributed by atoms with E-state index >= 15 is 0 Å². The highest BCUT2D eigenvalue weighted by Crippen LogP contribution is 2.38. The number of hydrogen-bond donors (Lipinski definition) is 1. The van der Waals surface area contributed by atoms with E-state index in [-0.39, 0.29) is 11.5 Å². The van der Waals surface area contributed by atoms with Crippen molar-refractivity contribution >= 4 is 43.4 Å². The zero-order valence-corrected chi connectivity index (χ0v) is 18.3. The Morgan fingerprint density at radius 2 is 2.06 bits per heavy atom. The van der Waals surface area contributed by atoms with Crippen LogP contribution in [-0.4, -0.2) is 32.6 Å². The molecular weight excluding hydrogens is 412 g/mol. The van der Waals surface area contributed by atoms with E-state index in [2.05, 4.69) is 35.2 Å². The van der Waals surface area contributed by atoms with Gasteiger partial charge in [-0.05, 0) is 39.0 Å². The molecule has 1 atom stereocenters. The summed E-state index contributed by atoms with van der Waals surface area (Å²) in [7, 11) is 0. The number of nitrogens with zero attached hydrogens (tertiary/aromatic N) is 3. The average molecular weight is 435 g/mol. The Kier molecular flexibility index (Phi) is 4.83. The first-order valence-corrected chi connectivity index (χ1v) is 10.9. The minimum atomic E-state index is -0.723. The normalized spacial score (nSPS) is 16.1. The van der Waals surface area contributed by atoms with E-state index in [4.69, 9.17) is 14.5 Å². The summed E-state index contributed by atoms with van der Waals surface area (Å²) in [6, 6.07) is 11.4. The number of benzene rings is 1. The van der Waals surface area contributed by atoms with Gasteiger partial charge in [0.25, 0.3) is 5.91 Å². The number of thiophene rings is 1. The van der Waals surface area contributed by atoms with Gasteiger partial charge in [-0.2, -0.15) is 0 Å². The van der Waals surface area contributed by atoms with E-state index in [0.29, 0.717) is 12.5 Å². The molecule has 0 saturated carbocycles. The Hall–Kier alpha value is -3.10. The number of pyridine rings is 1. The largest absolute Gasteiger partial charge is 0.463 e. The Bertz CT molecular complexity index is 1290. The predicted molar refractivity (Wildman–Crippen MR) is 120 cm³/mol. The van der Waals surface area contributed by atoms with Gasteiger partial charge in [0.1, 0.15) is 15.9 Å². The molecule has 4 heterocycles. The van der Waals surface area contributed by atoms with Gasteiger partial charge in [-0.25, -0.2) is 15.0 Å². The van der Waals surface area contributed by atoms with Gasteiger partial charge >= 0.3 is 0 Å². The molecule has 1 amide bonds. The second kappa shape index (κ2) is 7.55. The number of carbonyl (C=O) groups excluding carboxylic acids is 1. The minimum Gasteiger partial charge on any atom is -0.463 e. The lowest BCUT2D eigenvalue weighted by atomic mass is 9.95. The van der Waals surface area contributed by atoms with Crippen molar-refractivity contribution in [2.24, 2.45) is 0 Å². The van der Waals surface area contributed by atoms with Crippen LogP contribution in [0, 0.1) is 0 Å². The molecule has 5 rings (SSSR count). The standard InChI is InChI=1S/C23H22N4O3S/c1-13(20(28)26-15-7-5-4-6-8-15)30-21-19-18(24-12-25-21)16-9-14-11-29-23(2,3)10-17(14)27-22(16)31-19/h4-9,12-13H,10-11H2,1-3H3,(H,26,28). The van der Waals surface area contributed by atoms with Crippen LogP contribution in [0.1, 0.15) is 32.0 Å². The van der Waals surface area contributed by atoms with Crippen LogP contribution in [0.5, 0.6) is 5.88 Å². The molecule has 1 aliphatic rings. The van der Waals surface area contributed by atoms with Gasteiger partial charge in [0.15, 0.2) is 6.10 Å². The highest BCUT2D eigenvalue weighted by molar-refractivity contribution is 7.25. The lowest BCUT2D eigenvalue weighted by molar-refractivity contribution is -0.122. The molecule has 0 aliphatic carbocycles. The van der Waals surface area contributed by atoms with Crippen LogP contribution in [0.4, 0.5) is 5.69 Å². The zero-order chi connectivity index (χ0) is 21.6. The fourth-order valence-electron chi connectivity index (χ4n) is 3.64. The van der Waals surface area contributed by atoms with E-state index < -0.39 is 6.10 Å². The maximum Gasteiger partial charge on any atom is 0.265 e. The summed E-state index contributed by atoms with van der Waals surface area (Å²) in [4.78, 5) is 27.1. The van der Waals surface area contributed by atoms with Crippen molar-refractivity contribution in [3.05, 3.63) is 54.0 Å². The summed E-state index contributed by atoms with van der Waals surface area (Å²) in [5.74, 6) is 0.144. The van der Waals surface area contributed by atoms with Gasteiger partial charge in [-0.1, -0.05) is 18.2 Å². The Morgan fingerprint density at radius 3 is 2.87 bits per heavy atom. The predicted octanol–water partition coefficient (Wildman–Crippen LogP) is 4.50. The van der Waals surface area contributed by atoms with Gasteiger partial charge in [0, 0.05) is 23.1 Å². The molecule has 7 nitrogen and oxygen atoms in total. The van der Waals surface area contributed by atoms with Crippen LogP contribution in [-0.2, 0) is 22.6 Å². The second-order valence-electron chi connectivity index (χ2n) is 8.25. The fraction of sp³-hybridized carbons (Fsp3) is 0.304. The highest BCUT2D eigenvalue weighted by atomic mass is 32.1. The van der Waals surface area contributed by atoms with E-state index in [0.717, 1.165) is 43.8 Å². The van der Waals surface area contributed by atoms with Crippen molar-refractivity contribution in [3.8, 4) is 5.88 Å². The molecule has 4 aromatic rings. The summed E-state index contributed by atoms with van der Waals surface area (Å²) >= 11 is 1.49. The van der Waals surface area contributed by atoms with E-state index in [1.165, 1.54) is 17.7 Å². The summed E-state index contributed by atoms with van der Waals surface area (Å²) in [5.41, 5.74) is 3.42. The molecule has 3 aromatic heterocycles. The van der Waals surface area contributed by atoms with Gasteiger partial charge in [-0.15, -0.1) is 11.3 Å². The van der Waals surface area contributed by atoms with Crippen molar-refractivity contribution < 1.29 is 14.3 Å². The summed E-state index contributed by atoms with van der Waals surface area (Å²) < 4.78 is 12.7. The lowest BCUT2D eigenvalue weighted by Crippen LogP contribution is -2.32. The van der Waals surface area contributed by atoms with Crippen LogP contribution in [0.2, 0.25) is 0 Å². The number of hydrogen-bond acceptors (Lipinski definition) is 7. The van der Waals surface area contributed by atoms with Gasteiger partial charge in [-0.3, -0.25) is 4.79 Å². The number of nitrogens with one attached hydrogen (secondary N) is 1. The Morgan fingerprint density at radius 1 is 1.26 bits per heavy atom. The maximum atomic E-state index is 12.6. The fourth-order valence-corrected chi connectivity index (χ4v) is 4.70. The number of ether oxygens (including phenoxy) is 2. The van der Waals surface area contributed by atoms with Gasteiger partial charge < -0.3 is 14.8 Å². The van der Waals surface area contributed by atoms with E-state index in [1.54, 1.807) is 6.92 Å². The molecule has 0 spiro atoms. The Labute approximate surface area is 183 Å². The van der Waals surface area contributed by atoms with Crippen molar-refractivity contribution in [3.63, 3.8) is 0 Å². The molecule has 158 valence electrons. The van der Waals surface area contributed by atoms with Gasteiger partial charge in [0.2, 0.25) is 5.88 Å². The number of fused-ring (bicyclic) bond motifs is 4. The summed E-state index contributed by atoms with van der Waals surface area (Å²) in [6.07, 6.45) is 1.50. The van der Waals surface area contributed by atoms with Crippen LogP contribution in [0.15, 0.2) is 42.7 Å². The third-order valence-corrected chi connectivity index (χ3v) is 6.37. The summed E-state index contributed by atoms with van der Waals surface area (Å²) in [6.45, 7) is 6.39. The SMILES string of the molecule is CC(Oc1ncnc2c1sc1nc3c(cc12)COC(C)(C)C3)C(=O)Nc1ccccc1. The third-order valence-electron chi connectivity index (χ3n) is 5.29. The molecule has 8 heteroatoms. The number of carbonyl (C=O) groups is 1. The first-order chi connectivity index (χ1) is 14.9. The summed E-state index contributed by atoms with van der Waals surface area (Å²) in [5, 5.41) is 3.81. The number of rotatable bonds is 4. The number of para-hydroxylation sites is 1. The molecule has 0 radical (unpaired) electrons. The van der Waals surface area contributed by atoms with Crippen molar-refractivity contribution in [2.75, 3.05) is 5.32 Å². The number of amides is 1. The molecule has 0 saturated heterocycles. The molecule has 1 N–H and O–H groups in total. The zero-order valence-electron chi connectivity index (χ0n) is 17.5. The molecule has 0 bridgehead atoms. The van der Waals surface area contributed by atoms with Crippen molar-refractivity contribution in [1.29, 1.82) is 0 Å². The third kappa shape index (κ3) is 3.84. The minimum absolute atomic E-state index is 0.222. The second-order valence-corrected chi connectivity index (χ2v) is 9.25. The van der Waals surface area contributed by atoms with Crippen LogP contribution in [0.3, 0.4) is 0 Å². The molecule has 0 fully saturated rings. The first-order valence-electron chi connectivity index (χ1n) is 10.1. The monoisotopic (exact) mass is 434 g/mol. The van der Waals surface area contributed by atoms with Crippen molar-refractivity contribution in [1.82, 2.24) is 15.0 Å². The Balaban J connectivity index is 1.46. The van der Waals surface area contributed by atoms with E-state index in [9.17, 15) is 4.79 Å². The smallest absolute Gasteiger partial charge is 0.265 e. The first kappa shape index (κ1) is 19.8. The van der Waals surface area contributed by atoms with E-state index in [1.807, 2.05) is 30.3 Å². The number of aromatic nitrogens is 3. The highest BCUT2D eigenvalue weighted by Gasteiger charge is 2.28. The van der Waals surface area contributed by atoms with Crippen molar-refractivity contribution in [2.45, 2.75) is 45.5 Å². The molecular formula is C23H22N4O3S. The maximum absolute atomic E-state index is 12.6. The number of anilines is 1. The lowest BCUT2D eigenvalue weighted by Gasteiger charge is -2.30. The molecule has 1 aromatic carbocycles. The molecule has 1 aliphatic heterocycles. The molecule has 31 heavy (non-hydrogen) atoms. The average Bonchev–Trinajstić information content (AvgIpc) is 3.10. The van der Waals surface area contributed by atoms with Crippen LogP contribution >= 0.6 is 11.3 Å². The van der Waals surface area contributed by atoms with Gasteiger partial charge in [0.05, 0.1) is 23.4 Å². The molecule has 1 unspecified atom stereocenters.